The van der Waals surface area contributed by atoms with E-state index in [9.17, 15) is 0 Å². The summed E-state index contributed by atoms with van der Waals surface area (Å²) in [6.45, 7) is 3.45. The fourth-order valence-electron chi connectivity index (χ4n) is 3.05. The molecule has 0 amide bonds. The Hall–Kier alpha value is -3.73. The molecule has 2 aromatic carbocycles. The van der Waals surface area contributed by atoms with Crippen molar-refractivity contribution < 1.29 is 0 Å². The highest BCUT2D eigenvalue weighted by molar-refractivity contribution is 5.61. The number of nitrogens with zero attached hydrogens (tertiary/aromatic N) is 3. The van der Waals surface area contributed by atoms with Crippen molar-refractivity contribution in [2.45, 2.75) is 20.0 Å². The number of aromatic nitrogens is 3. The van der Waals surface area contributed by atoms with E-state index < -0.39 is 0 Å². The second kappa shape index (κ2) is 8.97. The molecule has 0 bridgehead atoms. The Morgan fingerprint density at radius 3 is 2.14 bits per heavy atom. The maximum atomic E-state index is 4.72. The average molecular weight is 381 g/mol. The largest absolute Gasteiger partial charge is 0.366 e. The van der Waals surface area contributed by atoms with Crippen LogP contribution in [0.2, 0.25) is 0 Å². The summed E-state index contributed by atoms with van der Waals surface area (Å²) in [7, 11) is 0. The van der Waals surface area contributed by atoms with Crippen molar-refractivity contribution in [3.63, 3.8) is 0 Å². The minimum atomic E-state index is 0.649. The normalized spacial score (nSPS) is 10.5. The molecule has 0 atom stereocenters. The van der Waals surface area contributed by atoms with Crippen LogP contribution in [0.15, 0.2) is 85.2 Å². The van der Waals surface area contributed by atoms with Crippen LogP contribution in [0, 0.1) is 6.92 Å². The van der Waals surface area contributed by atoms with Gasteiger partial charge in [-0.1, -0.05) is 66.2 Å². The lowest BCUT2D eigenvalue weighted by Gasteiger charge is -2.12. The van der Waals surface area contributed by atoms with Gasteiger partial charge in [0, 0.05) is 37.1 Å². The van der Waals surface area contributed by atoms with Gasteiger partial charge in [-0.25, -0.2) is 9.97 Å². The van der Waals surface area contributed by atoms with Gasteiger partial charge in [-0.2, -0.15) is 0 Å². The molecule has 4 rings (SSSR count). The second-order valence-electron chi connectivity index (χ2n) is 6.89. The lowest BCUT2D eigenvalue weighted by molar-refractivity contribution is 1.05. The third kappa shape index (κ3) is 5.17. The highest BCUT2D eigenvalue weighted by Crippen LogP contribution is 2.21. The first-order valence-electron chi connectivity index (χ1n) is 9.63. The molecule has 0 aliphatic heterocycles. The Morgan fingerprint density at radius 1 is 0.724 bits per heavy atom. The zero-order valence-electron chi connectivity index (χ0n) is 16.3. The molecule has 2 aromatic heterocycles. The maximum Gasteiger partial charge on any atom is 0.163 e. The van der Waals surface area contributed by atoms with E-state index in [4.69, 9.17) is 9.97 Å². The van der Waals surface area contributed by atoms with Crippen LogP contribution in [0.25, 0.3) is 11.4 Å². The van der Waals surface area contributed by atoms with Crippen molar-refractivity contribution >= 4 is 11.6 Å². The van der Waals surface area contributed by atoms with Gasteiger partial charge < -0.3 is 10.6 Å². The van der Waals surface area contributed by atoms with Gasteiger partial charge in [-0.05, 0) is 24.1 Å². The molecule has 0 saturated heterocycles. The van der Waals surface area contributed by atoms with E-state index in [0.717, 1.165) is 22.8 Å². The number of hydrogen-bond donors (Lipinski definition) is 2. The molecule has 29 heavy (non-hydrogen) atoms. The Morgan fingerprint density at radius 2 is 1.45 bits per heavy atom. The minimum Gasteiger partial charge on any atom is -0.366 e. The van der Waals surface area contributed by atoms with E-state index >= 15 is 0 Å². The monoisotopic (exact) mass is 381 g/mol. The van der Waals surface area contributed by atoms with Gasteiger partial charge in [-0.15, -0.1) is 0 Å². The summed E-state index contributed by atoms with van der Waals surface area (Å²) in [4.78, 5) is 13.6. The number of benzene rings is 2. The third-order valence-electron chi connectivity index (χ3n) is 4.51. The van der Waals surface area contributed by atoms with Crippen LogP contribution in [0.3, 0.4) is 0 Å². The molecule has 0 saturated carbocycles. The van der Waals surface area contributed by atoms with E-state index in [2.05, 4.69) is 46.8 Å². The Bertz CT molecular complexity index is 1060. The zero-order chi connectivity index (χ0) is 19.9. The third-order valence-corrected chi connectivity index (χ3v) is 4.51. The van der Waals surface area contributed by atoms with Gasteiger partial charge in [0.05, 0.1) is 0 Å². The van der Waals surface area contributed by atoms with Crippen LogP contribution in [-0.2, 0) is 13.1 Å². The standard InChI is InChI=1S/C24H23N5/c1-18-7-5-8-19(13-18)16-26-22-14-23(27-17-20-9-6-12-25-15-20)29-24(28-22)21-10-3-2-4-11-21/h2-15H,16-17H2,1H3,(H2,26,27,28,29). The fourth-order valence-corrected chi connectivity index (χ4v) is 3.05. The summed E-state index contributed by atoms with van der Waals surface area (Å²) in [5.41, 5.74) is 4.54. The predicted octanol–water partition coefficient (Wildman–Crippen LogP) is 5.07. The highest BCUT2D eigenvalue weighted by atomic mass is 15.1. The molecule has 0 radical (unpaired) electrons. The van der Waals surface area contributed by atoms with E-state index in [1.54, 1.807) is 6.20 Å². The van der Waals surface area contributed by atoms with Crippen LogP contribution in [0.4, 0.5) is 11.6 Å². The maximum absolute atomic E-state index is 4.72. The van der Waals surface area contributed by atoms with Gasteiger partial charge in [0.25, 0.3) is 0 Å². The molecule has 5 nitrogen and oxygen atoms in total. The number of pyridine rings is 1. The van der Waals surface area contributed by atoms with Crippen molar-refractivity contribution in [3.8, 4) is 11.4 Å². The first-order valence-corrected chi connectivity index (χ1v) is 9.63. The van der Waals surface area contributed by atoms with Gasteiger partial charge in [-0.3, -0.25) is 4.98 Å². The first kappa shape index (κ1) is 18.6. The molecular formula is C24H23N5. The quantitative estimate of drug-likeness (QED) is 0.468. The Kier molecular flexibility index (Phi) is 5.76. The summed E-state index contributed by atoms with van der Waals surface area (Å²) < 4.78 is 0. The number of aryl methyl sites for hydroxylation is 1. The second-order valence-corrected chi connectivity index (χ2v) is 6.89. The summed E-state index contributed by atoms with van der Waals surface area (Å²) >= 11 is 0. The molecule has 0 spiro atoms. The van der Waals surface area contributed by atoms with E-state index in [1.165, 1.54) is 11.1 Å². The van der Waals surface area contributed by atoms with Gasteiger partial charge in [0.1, 0.15) is 11.6 Å². The highest BCUT2D eigenvalue weighted by Gasteiger charge is 2.07. The molecular weight excluding hydrogens is 358 g/mol. The number of anilines is 2. The lowest BCUT2D eigenvalue weighted by atomic mass is 10.1. The molecule has 0 fully saturated rings. The molecule has 0 aliphatic carbocycles. The lowest BCUT2D eigenvalue weighted by Crippen LogP contribution is -2.07. The van der Waals surface area contributed by atoms with E-state index in [0.29, 0.717) is 18.9 Å². The topological polar surface area (TPSA) is 62.7 Å². The summed E-state index contributed by atoms with van der Waals surface area (Å²) in [5.74, 6) is 2.25. The molecule has 144 valence electrons. The molecule has 4 aromatic rings. The van der Waals surface area contributed by atoms with Crippen molar-refractivity contribution in [2.24, 2.45) is 0 Å². The van der Waals surface area contributed by atoms with Crippen molar-refractivity contribution in [1.29, 1.82) is 0 Å². The van der Waals surface area contributed by atoms with Gasteiger partial charge in [0.2, 0.25) is 0 Å². The van der Waals surface area contributed by atoms with Crippen molar-refractivity contribution in [2.75, 3.05) is 10.6 Å². The molecule has 0 unspecified atom stereocenters. The molecule has 0 aliphatic rings. The summed E-state index contributed by atoms with van der Waals surface area (Å²) in [6.07, 6.45) is 3.62. The number of hydrogen-bond acceptors (Lipinski definition) is 5. The minimum absolute atomic E-state index is 0.649. The smallest absolute Gasteiger partial charge is 0.163 e. The van der Waals surface area contributed by atoms with Crippen LogP contribution >= 0.6 is 0 Å². The van der Waals surface area contributed by atoms with Crippen LogP contribution in [0.1, 0.15) is 16.7 Å². The van der Waals surface area contributed by atoms with Crippen LogP contribution in [0.5, 0.6) is 0 Å². The Labute approximate surface area is 170 Å². The fraction of sp³-hybridized carbons (Fsp3) is 0.125. The van der Waals surface area contributed by atoms with Gasteiger partial charge >= 0.3 is 0 Å². The SMILES string of the molecule is Cc1cccc(CNc2cc(NCc3cccnc3)nc(-c3ccccc3)n2)c1. The predicted molar refractivity (Wildman–Crippen MR) is 118 cm³/mol. The van der Waals surface area contributed by atoms with Crippen LogP contribution < -0.4 is 10.6 Å². The molecule has 5 heteroatoms. The summed E-state index contributed by atoms with van der Waals surface area (Å²) in [6, 6.07) is 24.4. The average Bonchev–Trinajstić information content (AvgIpc) is 2.78. The van der Waals surface area contributed by atoms with Crippen molar-refractivity contribution in [3.05, 3.63) is 102 Å². The van der Waals surface area contributed by atoms with Crippen LogP contribution in [-0.4, -0.2) is 15.0 Å². The van der Waals surface area contributed by atoms with E-state index in [1.807, 2.05) is 54.7 Å². The zero-order valence-corrected chi connectivity index (χ0v) is 16.3. The van der Waals surface area contributed by atoms with E-state index in [-0.39, 0.29) is 0 Å². The van der Waals surface area contributed by atoms with Gasteiger partial charge in [0.15, 0.2) is 5.82 Å². The summed E-state index contributed by atoms with van der Waals surface area (Å²) in [5, 5.41) is 6.82. The van der Waals surface area contributed by atoms with Crippen molar-refractivity contribution in [1.82, 2.24) is 15.0 Å². The first-order chi connectivity index (χ1) is 14.3. The number of rotatable bonds is 7. The Balaban J connectivity index is 1.57. The number of nitrogens with one attached hydrogen (secondary N) is 2. The molecule has 2 N–H and O–H groups in total. The molecule has 2 heterocycles.